The third kappa shape index (κ3) is 3.27. The quantitative estimate of drug-likeness (QED) is 0.492. The Hall–Kier alpha value is -3.53. The molecule has 4 nitrogen and oxygen atoms in total. The highest BCUT2D eigenvalue weighted by atomic mass is 16.2. The van der Waals surface area contributed by atoms with E-state index in [1.807, 2.05) is 30.3 Å². The van der Waals surface area contributed by atoms with Gasteiger partial charge >= 0.3 is 0 Å². The van der Waals surface area contributed by atoms with Gasteiger partial charge in [0.15, 0.2) is 11.6 Å². The molecule has 0 heterocycles. The SMILES string of the molecule is CCCCN(C(=O)c1cccc2c1C(=O)c1ccccc1C2=O)c1ccccc1. The second-order valence-corrected chi connectivity index (χ2v) is 7.08. The Morgan fingerprint density at radius 1 is 0.759 bits per heavy atom. The third-order valence-corrected chi connectivity index (χ3v) is 5.23. The molecular weight excluding hydrogens is 362 g/mol. The second kappa shape index (κ2) is 7.84. The Bertz CT molecular complexity index is 1100. The number of anilines is 1. The Morgan fingerprint density at radius 3 is 2.07 bits per heavy atom. The molecule has 0 spiro atoms. The van der Waals surface area contributed by atoms with E-state index in [9.17, 15) is 14.4 Å². The van der Waals surface area contributed by atoms with Crippen molar-refractivity contribution in [2.45, 2.75) is 19.8 Å². The van der Waals surface area contributed by atoms with Gasteiger partial charge in [0.25, 0.3) is 5.91 Å². The van der Waals surface area contributed by atoms with E-state index in [0.29, 0.717) is 23.2 Å². The first-order valence-corrected chi connectivity index (χ1v) is 9.81. The predicted octanol–water partition coefficient (Wildman–Crippen LogP) is 4.91. The standard InChI is InChI=1S/C25H21NO3/c1-2-3-16-26(17-10-5-4-6-11-17)25(29)21-15-9-14-20-22(21)24(28)19-13-8-7-12-18(19)23(20)27/h4-15H,2-3,16H2,1H3. The highest BCUT2D eigenvalue weighted by Gasteiger charge is 2.34. The van der Waals surface area contributed by atoms with Crippen LogP contribution < -0.4 is 4.90 Å². The van der Waals surface area contributed by atoms with Gasteiger partial charge in [0.1, 0.15) is 0 Å². The van der Waals surface area contributed by atoms with Crippen molar-refractivity contribution in [3.05, 3.63) is 101 Å². The lowest BCUT2D eigenvalue weighted by atomic mass is 9.81. The average molecular weight is 383 g/mol. The normalized spacial score (nSPS) is 12.3. The summed E-state index contributed by atoms with van der Waals surface area (Å²) in [6.45, 7) is 2.61. The number of ketones is 2. The van der Waals surface area contributed by atoms with Gasteiger partial charge in [-0.25, -0.2) is 0 Å². The van der Waals surface area contributed by atoms with Gasteiger partial charge in [-0.3, -0.25) is 14.4 Å². The first-order valence-electron chi connectivity index (χ1n) is 9.81. The van der Waals surface area contributed by atoms with E-state index >= 15 is 0 Å². The second-order valence-electron chi connectivity index (χ2n) is 7.08. The minimum absolute atomic E-state index is 0.207. The number of hydrogen-bond acceptors (Lipinski definition) is 3. The molecule has 0 aromatic heterocycles. The molecule has 3 aromatic rings. The van der Waals surface area contributed by atoms with Crippen molar-refractivity contribution in [2.75, 3.05) is 11.4 Å². The molecule has 0 radical (unpaired) electrons. The average Bonchev–Trinajstić information content (AvgIpc) is 2.78. The van der Waals surface area contributed by atoms with Crippen LogP contribution in [0.25, 0.3) is 0 Å². The number of benzene rings is 3. The van der Waals surface area contributed by atoms with Crippen molar-refractivity contribution in [2.24, 2.45) is 0 Å². The lowest BCUT2D eigenvalue weighted by Gasteiger charge is -2.26. The molecule has 4 rings (SSSR count). The zero-order valence-electron chi connectivity index (χ0n) is 16.2. The number of hydrogen-bond donors (Lipinski definition) is 0. The molecule has 4 heteroatoms. The number of carbonyl (C=O) groups is 3. The molecular formula is C25H21NO3. The summed E-state index contributed by atoms with van der Waals surface area (Å²) in [6.07, 6.45) is 1.78. The topological polar surface area (TPSA) is 54.5 Å². The van der Waals surface area contributed by atoms with Crippen molar-refractivity contribution >= 4 is 23.2 Å². The number of amides is 1. The van der Waals surface area contributed by atoms with Crippen LogP contribution >= 0.6 is 0 Å². The molecule has 144 valence electrons. The predicted molar refractivity (Wildman–Crippen MR) is 113 cm³/mol. The summed E-state index contributed by atoms with van der Waals surface area (Å²) >= 11 is 0. The van der Waals surface area contributed by atoms with E-state index in [1.165, 1.54) is 0 Å². The van der Waals surface area contributed by atoms with Crippen LogP contribution in [-0.4, -0.2) is 24.0 Å². The number of para-hydroxylation sites is 1. The first-order chi connectivity index (χ1) is 14.1. The minimum Gasteiger partial charge on any atom is -0.308 e. The van der Waals surface area contributed by atoms with Crippen LogP contribution in [0.1, 0.15) is 62.0 Å². The first kappa shape index (κ1) is 18.8. The van der Waals surface area contributed by atoms with Crippen LogP contribution in [0.15, 0.2) is 72.8 Å². The maximum Gasteiger partial charge on any atom is 0.259 e. The van der Waals surface area contributed by atoms with Gasteiger partial charge in [0.2, 0.25) is 0 Å². The van der Waals surface area contributed by atoms with Gasteiger partial charge in [-0.15, -0.1) is 0 Å². The van der Waals surface area contributed by atoms with Crippen molar-refractivity contribution in [3.63, 3.8) is 0 Å². The highest BCUT2D eigenvalue weighted by molar-refractivity contribution is 6.31. The Morgan fingerprint density at radius 2 is 1.38 bits per heavy atom. The number of fused-ring (bicyclic) bond motifs is 2. The van der Waals surface area contributed by atoms with Gasteiger partial charge in [0, 0.05) is 34.5 Å². The number of carbonyl (C=O) groups excluding carboxylic acids is 3. The fourth-order valence-electron chi connectivity index (χ4n) is 3.74. The summed E-state index contributed by atoms with van der Waals surface area (Å²) in [6, 6.07) is 21.1. The molecule has 0 aliphatic heterocycles. The van der Waals surface area contributed by atoms with Crippen molar-refractivity contribution in [1.29, 1.82) is 0 Å². The summed E-state index contributed by atoms with van der Waals surface area (Å²) in [4.78, 5) is 41.4. The molecule has 1 amide bonds. The summed E-state index contributed by atoms with van der Waals surface area (Å²) in [5.74, 6) is -0.755. The summed E-state index contributed by atoms with van der Waals surface area (Å²) < 4.78 is 0. The lowest BCUT2D eigenvalue weighted by Crippen LogP contribution is -2.34. The molecule has 0 saturated carbocycles. The van der Waals surface area contributed by atoms with Crippen LogP contribution in [0, 0.1) is 0 Å². The largest absolute Gasteiger partial charge is 0.308 e. The maximum atomic E-state index is 13.5. The Labute approximate surface area is 169 Å². The van der Waals surface area contributed by atoms with Gasteiger partial charge < -0.3 is 4.90 Å². The van der Waals surface area contributed by atoms with E-state index < -0.39 is 0 Å². The van der Waals surface area contributed by atoms with Crippen LogP contribution in [0.2, 0.25) is 0 Å². The minimum atomic E-state index is -0.275. The van der Waals surface area contributed by atoms with E-state index in [1.54, 1.807) is 47.4 Å². The van der Waals surface area contributed by atoms with Crippen molar-refractivity contribution in [1.82, 2.24) is 0 Å². The number of nitrogens with zero attached hydrogens (tertiary/aromatic N) is 1. The molecule has 1 aliphatic rings. The molecule has 0 atom stereocenters. The lowest BCUT2D eigenvalue weighted by molar-refractivity contribution is 0.0958. The van der Waals surface area contributed by atoms with Crippen LogP contribution in [0.4, 0.5) is 5.69 Å². The smallest absolute Gasteiger partial charge is 0.259 e. The highest BCUT2D eigenvalue weighted by Crippen LogP contribution is 2.31. The summed E-state index contributed by atoms with van der Waals surface area (Å²) in [5, 5.41) is 0. The van der Waals surface area contributed by atoms with E-state index in [-0.39, 0.29) is 28.6 Å². The molecule has 1 aliphatic carbocycles. The molecule has 0 fully saturated rings. The van der Waals surface area contributed by atoms with Crippen LogP contribution in [0.5, 0.6) is 0 Å². The summed E-state index contributed by atoms with van der Waals surface area (Å²) in [5.41, 5.74) is 2.29. The van der Waals surface area contributed by atoms with E-state index in [4.69, 9.17) is 0 Å². The van der Waals surface area contributed by atoms with Crippen molar-refractivity contribution in [3.8, 4) is 0 Å². The number of unbranched alkanes of at least 4 members (excludes halogenated alkanes) is 1. The van der Waals surface area contributed by atoms with E-state index in [2.05, 4.69) is 6.92 Å². The monoisotopic (exact) mass is 383 g/mol. The fraction of sp³-hybridized carbons (Fsp3) is 0.160. The molecule has 29 heavy (non-hydrogen) atoms. The molecule has 0 N–H and O–H groups in total. The fourth-order valence-corrected chi connectivity index (χ4v) is 3.74. The van der Waals surface area contributed by atoms with Crippen LogP contribution in [0.3, 0.4) is 0 Å². The van der Waals surface area contributed by atoms with Gasteiger partial charge in [-0.1, -0.05) is 67.9 Å². The van der Waals surface area contributed by atoms with Gasteiger partial charge in [-0.05, 0) is 24.6 Å². The van der Waals surface area contributed by atoms with Crippen molar-refractivity contribution < 1.29 is 14.4 Å². The van der Waals surface area contributed by atoms with Crippen LogP contribution in [-0.2, 0) is 0 Å². The zero-order valence-corrected chi connectivity index (χ0v) is 16.2. The molecule has 0 unspecified atom stereocenters. The third-order valence-electron chi connectivity index (χ3n) is 5.23. The summed E-state index contributed by atoms with van der Waals surface area (Å²) in [7, 11) is 0. The number of rotatable bonds is 5. The van der Waals surface area contributed by atoms with E-state index in [0.717, 1.165) is 18.5 Å². The zero-order chi connectivity index (χ0) is 20.4. The molecule has 3 aromatic carbocycles. The maximum absolute atomic E-state index is 13.5. The Balaban J connectivity index is 1.83. The van der Waals surface area contributed by atoms with Gasteiger partial charge in [0.05, 0.1) is 5.56 Å². The Kier molecular flexibility index (Phi) is 5.09. The van der Waals surface area contributed by atoms with Gasteiger partial charge in [-0.2, -0.15) is 0 Å². The molecule has 0 bridgehead atoms. The molecule has 0 saturated heterocycles.